The fraction of sp³-hybridized carbons (Fsp3) is 0.455. The van der Waals surface area contributed by atoms with Crippen LogP contribution in [-0.2, 0) is 0 Å². The number of imidazole rings is 1. The van der Waals surface area contributed by atoms with Crippen LogP contribution in [0.3, 0.4) is 0 Å². The summed E-state index contributed by atoms with van der Waals surface area (Å²) in [6.07, 6.45) is 7.56. The van der Waals surface area contributed by atoms with Crippen LogP contribution in [0.15, 0.2) is 16.7 Å². The van der Waals surface area contributed by atoms with E-state index in [2.05, 4.69) is 15.1 Å². The van der Waals surface area contributed by atoms with Gasteiger partial charge in [0.15, 0.2) is 10.1 Å². The number of rotatable bonds is 2. The van der Waals surface area contributed by atoms with Crippen LogP contribution >= 0.6 is 22.9 Å². The molecule has 1 fully saturated rings. The molecule has 0 unspecified atom stereocenters. The molecular formula is C11H13ClN4S. The predicted octanol–water partition coefficient (Wildman–Crippen LogP) is 2.87. The van der Waals surface area contributed by atoms with Gasteiger partial charge in [0.2, 0.25) is 0 Å². The second kappa shape index (κ2) is 4.66. The Morgan fingerprint density at radius 1 is 1.35 bits per heavy atom. The summed E-state index contributed by atoms with van der Waals surface area (Å²) >= 11 is 7.67. The molecule has 0 spiro atoms. The highest BCUT2D eigenvalue weighted by molar-refractivity contribution is 7.15. The van der Waals surface area contributed by atoms with Gasteiger partial charge in [0.25, 0.3) is 0 Å². The third-order valence-electron chi connectivity index (χ3n) is 2.93. The van der Waals surface area contributed by atoms with Crippen molar-refractivity contribution >= 4 is 34.1 Å². The van der Waals surface area contributed by atoms with Crippen molar-refractivity contribution in [3.8, 4) is 0 Å². The Kier molecular flexibility index (Phi) is 3.03. The minimum Gasteiger partial charge on any atom is -0.297 e. The standard InChI is InChI=1S/C11H13ClN4S/c12-10-9(16-6-7-17-11(16)14-10)8-13-15-4-2-1-3-5-15/h6-8H,1-5H2/b13-8+. The molecule has 0 amide bonds. The minimum atomic E-state index is 0.526. The number of thiazole rings is 1. The molecule has 0 bridgehead atoms. The molecule has 1 saturated heterocycles. The smallest absolute Gasteiger partial charge is 0.195 e. The molecule has 2 aromatic rings. The lowest BCUT2D eigenvalue weighted by Crippen LogP contribution is -2.24. The molecule has 0 atom stereocenters. The Balaban J connectivity index is 1.85. The summed E-state index contributed by atoms with van der Waals surface area (Å²) in [4.78, 5) is 5.19. The number of aromatic nitrogens is 2. The van der Waals surface area contributed by atoms with E-state index in [1.807, 2.05) is 22.2 Å². The SMILES string of the molecule is Clc1nc2sccn2c1/C=N/N1CCCCC1. The number of fused-ring (bicyclic) bond motifs is 1. The number of piperidine rings is 1. The highest BCUT2D eigenvalue weighted by Crippen LogP contribution is 2.20. The molecule has 6 heteroatoms. The molecule has 1 aliphatic heterocycles. The maximum atomic E-state index is 6.09. The Morgan fingerprint density at radius 3 is 3.00 bits per heavy atom. The molecule has 0 aromatic carbocycles. The number of hydrogen-bond donors (Lipinski definition) is 0. The Bertz CT molecular complexity index is 539. The molecule has 3 heterocycles. The first-order valence-electron chi connectivity index (χ1n) is 5.74. The van der Waals surface area contributed by atoms with Crippen LogP contribution in [0.25, 0.3) is 4.96 Å². The van der Waals surface area contributed by atoms with Crippen LogP contribution in [0.2, 0.25) is 5.15 Å². The van der Waals surface area contributed by atoms with Crippen molar-refractivity contribution in [3.63, 3.8) is 0 Å². The maximum Gasteiger partial charge on any atom is 0.195 e. The van der Waals surface area contributed by atoms with Gasteiger partial charge in [-0.25, -0.2) is 4.98 Å². The average Bonchev–Trinajstić information content (AvgIpc) is 2.89. The van der Waals surface area contributed by atoms with Gasteiger partial charge in [0, 0.05) is 24.7 Å². The fourth-order valence-corrected chi connectivity index (χ4v) is 3.01. The highest BCUT2D eigenvalue weighted by Gasteiger charge is 2.10. The van der Waals surface area contributed by atoms with E-state index >= 15 is 0 Å². The van der Waals surface area contributed by atoms with Gasteiger partial charge in [-0.3, -0.25) is 9.41 Å². The van der Waals surface area contributed by atoms with Gasteiger partial charge >= 0.3 is 0 Å². The van der Waals surface area contributed by atoms with E-state index in [-0.39, 0.29) is 0 Å². The molecule has 4 nitrogen and oxygen atoms in total. The van der Waals surface area contributed by atoms with Crippen molar-refractivity contribution in [1.29, 1.82) is 0 Å². The minimum absolute atomic E-state index is 0.526. The third kappa shape index (κ3) is 2.17. The monoisotopic (exact) mass is 268 g/mol. The topological polar surface area (TPSA) is 32.9 Å². The second-order valence-electron chi connectivity index (χ2n) is 4.10. The zero-order valence-corrected chi connectivity index (χ0v) is 10.9. The molecule has 0 N–H and O–H groups in total. The van der Waals surface area contributed by atoms with Crippen molar-refractivity contribution in [2.75, 3.05) is 13.1 Å². The van der Waals surface area contributed by atoms with E-state index in [1.165, 1.54) is 19.3 Å². The summed E-state index contributed by atoms with van der Waals surface area (Å²) in [5, 5.41) is 9.11. The van der Waals surface area contributed by atoms with Gasteiger partial charge in [0.1, 0.15) is 5.69 Å². The first-order chi connectivity index (χ1) is 8.34. The summed E-state index contributed by atoms with van der Waals surface area (Å²) < 4.78 is 1.97. The maximum absolute atomic E-state index is 6.09. The van der Waals surface area contributed by atoms with E-state index in [9.17, 15) is 0 Å². The van der Waals surface area contributed by atoms with Gasteiger partial charge in [-0.15, -0.1) is 11.3 Å². The lowest BCUT2D eigenvalue weighted by molar-refractivity contribution is 0.240. The zero-order chi connectivity index (χ0) is 11.7. The van der Waals surface area contributed by atoms with Crippen molar-refractivity contribution < 1.29 is 0 Å². The predicted molar refractivity (Wildman–Crippen MR) is 71.1 cm³/mol. The largest absolute Gasteiger partial charge is 0.297 e. The lowest BCUT2D eigenvalue weighted by Gasteiger charge is -2.23. The second-order valence-corrected chi connectivity index (χ2v) is 5.33. The molecule has 0 radical (unpaired) electrons. The van der Waals surface area contributed by atoms with E-state index < -0.39 is 0 Å². The van der Waals surface area contributed by atoms with E-state index in [0.29, 0.717) is 5.15 Å². The van der Waals surface area contributed by atoms with Crippen molar-refractivity contribution in [1.82, 2.24) is 14.4 Å². The summed E-state index contributed by atoms with van der Waals surface area (Å²) in [6, 6.07) is 0. The molecule has 0 aliphatic carbocycles. The van der Waals surface area contributed by atoms with Gasteiger partial charge in [-0.1, -0.05) is 11.6 Å². The Morgan fingerprint density at radius 2 is 2.18 bits per heavy atom. The number of nitrogens with zero attached hydrogens (tertiary/aromatic N) is 4. The van der Waals surface area contributed by atoms with Gasteiger partial charge in [-0.2, -0.15) is 5.10 Å². The van der Waals surface area contributed by atoms with Crippen LogP contribution in [0.5, 0.6) is 0 Å². The van der Waals surface area contributed by atoms with Crippen LogP contribution in [0.1, 0.15) is 25.0 Å². The Hall–Kier alpha value is -1.07. The summed E-state index contributed by atoms with van der Waals surface area (Å²) in [6.45, 7) is 2.08. The van der Waals surface area contributed by atoms with Gasteiger partial charge in [-0.05, 0) is 19.3 Å². The first kappa shape index (κ1) is 11.0. The van der Waals surface area contributed by atoms with Crippen LogP contribution in [-0.4, -0.2) is 33.7 Å². The van der Waals surface area contributed by atoms with Crippen molar-refractivity contribution in [2.24, 2.45) is 5.10 Å². The average molecular weight is 269 g/mol. The van der Waals surface area contributed by atoms with E-state index in [1.54, 1.807) is 11.3 Å². The third-order valence-corrected chi connectivity index (χ3v) is 3.96. The van der Waals surface area contributed by atoms with Gasteiger partial charge in [0.05, 0.1) is 6.21 Å². The number of hydrogen-bond acceptors (Lipinski definition) is 4. The quantitative estimate of drug-likeness (QED) is 0.785. The molecule has 90 valence electrons. The lowest BCUT2D eigenvalue weighted by atomic mass is 10.2. The van der Waals surface area contributed by atoms with E-state index in [0.717, 1.165) is 23.7 Å². The Labute approximate surface area is 109 Å². The van der Waals surface area contributed by atoms with Crippen molar-refractivity contribution in [3.05, 3.63) is 22.4 Å². The molecule has 0 saturated carbocycles. The summed E-state index contributed by atoms with van der Waals surface area (Å²) in [5.74, 6) is 0. The fourth-order valence-electron chi connectivity index (χ4n) is 2.02. The first-order valence-corrected chi connectivity index (χ1v) is 7.00. The number of halogens is 1. The van der Waals surface area contributed by atoms with Crippen molar-refractivity contribution in [2.45, 2.75) is 19.3 Å². The van der Waals surface area contributed by atoms with Crippen LogP contribution < -0.4 is 0 Å². The van der Waals surface area contributed by atoms with Gasteiger partial charge < -0.3 is 0 Å². The molecule has 1 aliphatic rings. The summed E-state index contributed by atoms with van der Waals surface area (Å²) in [7, 11) is 0. The molecule has 2 aromatic heterocycles. The normalized spacial score (nSPS) is 17.4. The van der Waals surface area contributed by atoms with Crippen LogP contribution in [0, 0.1) is 0 Å². The highest BCUT2D eigenvalue weighted by atomic mass is 35.5. The molecule has 17 heavy (non-hydrogen) atoms. The van der Waals surface area contributed by atoms with E-state index in [4.69, 9.17) is 11.6 Å². The number of hydrazone groups is 1. The molecular weight excluding hydrogens is 256 g/mol. The zero-order valence-electron chi connectivity index (χ0n) is 9.34. The van der Waals surface area contributed by atoms with Crippen LogP contribution in [0.4, 0.5) is 0 Å². The summed E-state index contributed by atoms with van der Waals surface area (Å²) in [5.41, 5.74) is 0.869. The molecule has 3 rings (SSSR count).